The summed E-state index contributed by atoms with van der Waals surface area (Å²) in [5.41, 5.74) is 1.09. The molecule has 0 aliphatic rings. The van der Waals surface area contributed by atoms with Crippen molar-refractivity contribution in [3.8, 4) is 0 Å². The number of hydrogen-bond donors (Lipinski definition) is 0. The van der Waals surface area contributed by atoms with Gasteiger partial charge in [-0.3, -0.25) is 4.57 Å². The molecular weight excluding hydrogens is 95.0 g/mol. The van der Waals surface area contributed by atoms with Crippen LogP contribution in [-0.4, -0.2) is 0 Å². The Morgan fingerprint density at radius 2 is 2.17 bits per heavy atom. The summed E-state index contributed by atoms with van der Waals surface area (Å²) in [7, 11) is 0.112. The Kier molecular flexibility index (Phi) is 2.97. The van der Waals surface area contributed by atoms with Gasteiger partial charge in [0.15, 0.2) is 8.46 Å². The monoisotopic (exact) mass is 102 g/mol. The first-order valence-corrected chi connectivity index (χ1v) is 2.61. The van der Waals surface area contributed by atoms with Crippen molar-refractivity contribution in [3.05, 3.63) is 11.4 Å². The number of allylic oxidation sites excluding steroid dienone is 1. The average Bonchev–Trinajstić information content (AvgIpc) is 1.35. The molecule has 0 aliphatic carbocycles. The molecule has 0 fully saturated rings. The largest absolute Gasteiger partial charge is 0.270 e. The normalized spacial score (nSPS) is 8.33. The fourth-order valence-corrected chi connectivity index (χ4v) is 0.316. The lowest BCUT2D eigenvalue weighted by Crippen LogP contribution is -1.50. The maximum atomic E-state index is 9.64. The molecule has 0 aromatic rings. The van der Waals surface area contributed by atoms with Crippen molar-refractivity contribution in [2.24, 2.45) is 0 Å². The molecule has 1 nitrogen and oxygen atoms in total. The molecule has 0 aliphatic heterocycles. The molecule has 0 spiro atoms. The Balaban J connectivity index is 3.41. The molecule has 0 bridgehead atoms. The Morgan fingerprint density at radius 3 is 2.17 bits per heavy atom. The summed E-state index contributed by atoms with van der Waals surface area (Å²) in [5, 5.41) is 0. The van der Waals surface area contributed by atoms with Gasteiger partial charge in [0.05, 0.1) is 0 Å². The lowest BCUT2D eigenvalue weighted by atomic mass is 10.4. The molecule has 2 heteroatoms. The molecule has 0 N–H and O–H groups in total. The molecule has 0 heterocycles. The SMILES string of the molecule is CC(C)=CP=O. The number of hydrogen-bond acceptors (Lipinski definition) is 1. The summed E-state index contributed by atoms with van der Waals surface area (Å²) < 4.78 is 9.64. The molecular formula is C4H7OP. The highest BCUT2D eigenvalue weighted by Gasteiger charge is 1.68. The van der Waals surface area contributed by atoms with Crippen LogP contribution in [0.1, 0.15) is 13.8 Å². The minimum absolute atomic E-state index is 0.112. The van der Waals surface area contributed by atoms with Crippen LogP contribution >= 0.6 is 8.46 Å². The molecule has 0 aromatic carbocycles. The van der Waals surface area contributed by atoms with Crippen LogP contribution in [0.15, 0.2) is 11.4 Å². The van der Waals surface area contributed by atoms with Gasteiger partial charge in [-0.25, -0.2) is 0 Å². The lowest BCUT2D eigenvalue weighted by Gasteiger charge is -1.72. The molecule has 0 unspecified atom stereocenters. The van der Waals surface area contributed by atoms with Crippen LogP contribution in [-0.2, 0) is 4.57 Å². The quantitative estimate of drug-likeness (QED) is 0.464. The second kappa shape index (κ2) is 3.05. The van der Waals surface area contributed by atoms with Gasteiger partial charge in [-0.05, 0) is 13.8 Å². The maximum absolute atomic E-state index is 9.64. The van der Waals surface area contributed by atoms with E-state index in [-0.39, 0.29) is 8.46 Å². The zero-order valence-corrected chi connectivity index (χ0v) is 4.83. The molecule has 0 aromatic heterocycles. The molecule has 34 valence electrons. The fourth-order valence-electron chi connectivity index (χ4n) is 0.105. The average molecular weight is 102 g/mol. The molecule has 6 heavy (non-hydrogen) atoms. The predicted octanol–water partition coefficient (Wildman–Crippen LogP) is 2.20. The van der Waals surface area contributed by atoms with Gasteiger partial charge in [-0.1, -0.05) is 5.57 Å². The number of rotatable bonds is 1. The minimum atomic E-state index is 0.112. The van der Waals surface area contributed by atoms with E-state index < -0.39 is 0 Å². The van der Waals surface area contributed by atoms with Crippen LogP contribution in [0, 0.1) is 0 Å². The Morgan fingerprint density at radius 1 is 1.67 bits per heavy atom. The van der Waals surface area contributed by atoms with Gasteiger partial charge in [0.2, 0.25) is 0 Å². The van der Waals surface area contributed by atoms with Crippen molar-refractivity contribution >= 4 is 8.46 Å². The van der Waals surface area contributed by atoms with Gasteiger partial charge >= 0.3 is 0 Å². The van der Waals surface area contributed by atoms with Crippen molar-refractivity contribution in [2.45, 2.75) is 13.8 Å². The van der Waals surface area contributed by atoms with Crippen molar-refractivity contribution in [1.29, 1.82) is 0 Å². The predicted molar refractivity (Wildman–Crippen MR) is 27.0 cm³/mol. The van der Waals surface area contributed by atoms with E-state index in [1.165, 1.54) is 0 Å². The third kappa shape index (κ3) is 3.84. The van der Waals surface area contributed by atoms with Crippen LogP contribution in [0.3, 0.4) is 0 Å². The van der Waals surface area contributed by atoms with E-state index in [1.807, 2.05) is 13.8 Å². The molecule has 0 radical (unpaired) electrons. The first-order chi connectivity index (χ1) is 2.77. The standard InChI is InChI=1S/C4H7OP/c1-4(2)3-6-5/h3H,1-2H3. The zero-order chi connectivity index (χ0) is 4.99. The van der Waals surface area contributed by atoms with Crippen molar-refractivity contribution in [2.75, 3.05) is 0 Å². The van der Waals surface area contributed by atoms with E-state index in [4.69, 9.17) is 0 Å². The highest BCUT2D eigenvalue weighted by atomic mass is 31.1. The van der Waals surface area contributed by atoms with Crippen LogP contribution in [0.4, 0.5) is 0 Å². The van der Waals surface area contributed by atoms with E-state index in [9.17, 15) is 4.57 Å². The van der Waals surface area contributed by atoms with Crippen LogP contribution in [0.25, 0.3) is 0 Å². The summed E-state index contributed by atoms with van der Waals surface area (Å²) in [6.07, 6.45) is 0. The molecule has 0 saturated heterocycles. The van der Waals surface area contributed by atoms with Gasteiger partial charge in [0.1, 0.15) is 0 Å². The summed E-state index contributed by atoms with van der Waals surface area (Å²) in [4.78, 5) is 0. The molecule has 0 atom stereocenters. The van der Waals surface area contributed by atoms with E-state index in [1.54, 1.807) is 5.82 Å². The van der Waals surface area contributed by atoms with E-state index in [0.29, 0.717) is 0 Å². The third-order valence-electron chi connectivity index (χ3n) is 0.311. The highest BCUT2D eigenvalue weighted by Crippen LogP contribution is 1.98. The third-order valence-corrected chi connectivity index (χ3v) is 0.933. The van der Waals surface area contributed by atoms with Gasteiger partial charge in [0.25, 0.3) is 0 Å². The van der Waals surface area contributed by atoms with Crippen molar-refractivity contribution in [3.63, 3.8) is 0 Å². The van der Waals surface area contributed by atoms with Gasteiger partial charge in [-0.15, -0.1) is 0 Å². The van der Waals surface area contributed by atoms with E-state index >= 15 is 0 Å². The van der Waals surface area contributed by atoms with Crippen LogP contribution < -0.4 is 0 Å². The molecule has 0 saturated carbocycles. The summed E-state index contributed by atoms with van der Waals surface area (Å²) in [6, 6.07) is 0. The van der Waals surface area contributed by atoms with Gasteiger partial charge in [-0.2, -0.15) is 0 Å². The van der Waals surface area contributed by atoms with Crippen molar-refractivity contribution in [1.82, 2.24) is 0 Å². The van der Waals surface area contributed by atoms with Gasteiger partial charge < -0.3 is 0 Å². The van der Waals surface area contributed by atoms with E-state index in [2.05, 4.69) is 0 Å². The van der Waals surface area contributed by atoms with Gasteiger partial charge in [0, 0.05) is 5.82 Å². The second-order valence-corrected chi connectivity index (χ2v) is 1.78. The first kappa shape index (κ1) is 5.84. The summed E-state index contributed by atoms with van der Waals surface area (Å²) in [6.45, 7) is 3.82. The van der Waals surface area contributed by atoms with Crippen LogP contribution in [0.2, 0.25) is 0 Å². The first-order valence-electron chi connectivity index (χ1n) is 1.73. The fraction of sp³-hybridized carbons (Fsp3) is 0.500. The highest BCUT2D eigenvalue weighted by molar-refractivity contribution is 7.27. The molecule has 0 amide bonds. The Hall–Kier alpha value is -0.160. The smallest absolute Gasteiger partial charge is 0.184 e. The lowest BCUT2D eigenvalue weighted by molar-refractivity contribution is 0.602. The summed E-state index contributed by atoms with van der Waals surface area (Å²) >= 11 is 0. The molecule has 0 rings (SSSR count). The summed E-state index contributed by atoms with van der Waals surface area (Å²) in [5.74, 6) is 1.62. The van der Waals surface area contributed by atoms with Crippen molar-refractivity contribution < 1.29 is 4.57 Å². The Bertz CT molecular complexity index is 71.6. The maximum Gasteiger partial charge on any atom is 0.184 e. The van der Waals surface area contributed by atoms with Crippen LogP contribution in [0.5, 0.6) is 0 Å². The van der Waals surface area contributed by atoms with E-state index in [0.717, 1.165) is 5.57 Å². The zero-order valence-electron chi connectivity index (χ0n) is 3.93. The second-order valence-electron chi connectivity index (χ2n) is 1.31. The minimum Gasteiger partial charge on any atom is -0.270 e. The topological polar surface area (TPSA) is 17.1 Å². The Labute approximate surface area is 39.3 Å².